The van der Waals surface area contributed by atoms with E-state index in [9.17, 15) is 14.4 Å². The number of amides is 2. The lowest BCUT2D eigenvalue weighted by molar-refractivity contribution is -0.136. The molecule has 7 nitrogen and oxygen atoms in total. The van der Waals surface area contributed by atoms with Gasteiger partial charge < -0.3 is 10.1 Å². The van der Waals surface area contributed by atoms with Crippen molar-refractivity contribution in [3.8, 4) is 5.75 Å². The van der Waals surface area contributed by atoms with Crippen molar-refractivity contribution in [2.24, 2.45) is 5.10 Å². The highest BCUT2D eigenvalue weighted by molar-refractivity contribution is 9.10. The molecule has 0 radical (unpaired) electrons. The average Bonchev–Trinajstić information content (AvgIpc) is 2.78. The lowest BCUT2D eigenvalue weighted by Crippen LogP contribution is -2.32. The smallest absolute Gasteiger partial charge is 0.345 e. The number of rotatable bonds is 5. The molecule has 0 fully saturated rings. The van der Waals surface area contributed by atoms with Crippen molar-refractivity contribution >= 4 is 80.4 Å². The number of esters is 1. The van der Waals surface area contributed by atoms with Crippen LogP contribution in [0.4, 0.5) is 5.69 Å². The summed E-state index contributed by atoms with van der Waals surface area (Å²) in [4.78, 5) is 36.6. The van der Waals surface area contributed by atoms with E-state index >= 15 is 0 Å². The molecule has 0 aromatic heterocycles. The van der Waals surface area contributed by atoms with Gasteiger partial charge in [0.1, 0.15) is 5.75 Å². The molecule has 0 saturated heterocycles. The predicted octanol–water partition coefficient (Wildman–Crippen LogP) is 5.72. The zero-order chi connectivity index (χ0) is 24.0. The molecule has 11 heteroatoms. The zero-order valence-corrected chi connectivity index (χ0v) is 20.3. The SMILES string of the molecule is O=C(NN=Cc1cc(Br)ccc1OC(=O)c1ccccc1Cl)C(=O)Nc1cccc(Cl)c1Cl. The quantitative estimate of drug-likeness (QED) is 0.135. The minimum absolute atomic E-state index is 0.0999. The van der Waals surface area contributed by atoms with Crippen LogP contribution in [-0.4, -0.2) is 24.0 Å². The first-order chi connectivity index (χ1) is 15.8. The van der Waals surface area contributed by atoms with Gasteiger partial charge in [0.15, 0.2) is 0 Å². The fourth-order valence-electron chi connectivity index (χ4n) is 2.49. The molecule has 0 unspecified atom stereocenters. The lowest BCUT2D eigenvalue weighted by Gasteiger charge is -2.09. The molecule has 3 aromatic rings. The van der Waals surface area contributed by atoms with Crippen molar-refractivity contribution in [1.82, 2.24) is 5.43 Å². The van der Waals surface area contributed by atoms with Crippen LogP contribution in [0.5, 0.6) is 5.75 Å². The molecule has 0 atom stereocenters. The number of ether oxygens (including phenoxy) is 1. The van der Waals surface area contributed by atoms with Crippen molar-refractivity contribution in [1.29, 1.82) is 0 Å². The van der Waals surface area contributed by atoms with Crippen LogP contribution in [0.2, 0.25) is 15.1 Å². The van der Waals surface area contributed by atoms with E-state index in [1.54, 1.807) is 36.4 Å². The van der Waals surface area contributed by atoms with E-state index in [1.807, 2.05) is 0 Å². The standard InChI is InChI=1S/C22H13BrCl3N3O4/c23-13-8-9-18(33-22(32)14-4-1-2-5-15(14)24)12(10-13)11-27-29-21(31)20(30)28-17-7-3-6-16(25)19(17)26/h1-11H,(H,28,30)(H,29,31). The number of nitrogens with one attached hydrogen (secondary N) is 2. The van der Waals surface area contributed by atoms with E-state index < -0.39 is 17.8 Å². The second-order valence-corrected chi connectivity index (χ2v) is 8.41. The number of hydrogen-bond acceptors (Lipinski definition) is 5. The summed E-state index contributed by atoms with van der Waals surface area (Å²) in [5.41, 5.74) is 2.81. The Balaban J connectivity index is 1.69. The monoisotopic (exact) mass is 567 g/mol. The van der Waals surface area contributed by atoms with Crippen molar-refractivity contribution < 1.29 is 19.1 Å². The second-order valence-electron chi connectivity index (χ2n) is 6.31. The molecule has 0 saturated carbocycles. The van der Waals surface area contributed by atoms with Gasteiger partial charge in [0.2, 0.25) is 0 Å². The van der Waals surface area contributed by atoms with Crippen LogP contribution >= 0.6 is 50.7 Å². The molecule has 0 aliphatic rings. The maximum absolute atomic E-state index is 12.5. The van der Waals surface area contributed by atoms with Gasteiger partial charge in [-0.25, -0.2) is 10.2 Å². The largest absolute Gasteiger partial charge is 0.422 e. The lowest BCUT2D eigenvalue weighted by atomic mass is 10.2. The first kappa shape index (κ1) is 24.7. The van der Waals surface area contributed by atoms with E-state index in [-0.39, 0.29) is 32.1 Å². The number of hydrazone groups is 1. The van der Waals surface area contributed by atoms with Crippen molar-refractivity contribution in [2.75, 3.05) is 5.32 Å². The van der Waals surface area contributed by atoms with Gasteiger partial charge in [-0.2, -0.15) is 5.10 Å². The molecule has 2 amide bonds. The summed E-state index contributed by atoms with van der Waals surface area (Å²) in [5, 5.41) is 6.67. The molecule has 2 N–H and O–H groups in total. The number of halogens is 4. The zero-order valence-electron chi connectivity index (χ0n) is 16.4. The first-order valence-corrected chi connectivity index (χ1v) is 11.0. The highest BCUT2D eigenvalue weighted by Crippen LogP contribution is 2.29. The summed E-state index contributed by atoms with van der Waals surface area (Å²) < 4.78 is 6.09. The molecule has 0 spiro atoms. The van der Waals surface area contributed by atoms with Gasteiger partial charge in [-0.1, -0.05) is 68.9 Å². The van der Waals surface area contributed by atoms with Crippen LogP contribution in [0.3, 0.4) is 0 Å². The van der Waals surface area contributed by atoms with Crippen LogP contribution in [0.25, 0.3) is 0 Å². The molecule has 0 aliphatic heterocycles. The number of nitrogens with zero attached hydrogens (tertiary/aromatic N) is 1. The minimum Gasteiger partial charge on any atom is -0.422 e. The molecule has 3 rings (SSSR count). The van der Waals surface area contributed by atoms with Gasteiger partial charge in [-0.3, -0.25) is 9.59 Å². The molecule has 0 aliphatic carbocycles. The van der Waals surface area contributed by atoms with Crippen LogP contribution < -0.4 is 15.5 Å². The second kappa shape index (κ2) is 11.3. The van der Waals surface area contributed by atoms with Crippen molar-refractivity contribution in [3.63, 3.8) is 0 Å². The highest BCUT2D eigenvalue weighted by Gasteiger charge is 2.17. The third-order valence-electron chi connectivity index (χ3n) is 4.04. The Morgan fingerprint density at radius 2 is 1.64 bits per heavy atom. The van der Waals surface area contributed by atoms with Gasteiger partial charge >= 0.3 is 17.8 Å². The molecule has 0 bridgehead atoms. The van der Waals surface area contributed by atoms with Gasteiger partial charge in [0, 0.05) is 10.0 Å². The molecular formula is C22H13BrCl3N3O4. The van der Waals surface area contributed by atoms with E-state index in [2.05, 4.69) is 31.8 Å². The number of anilines is 1. The molecule has 3 aromatic carbocycles. The third-order valence-corrected chi connectivity index (χ3v) is 5.69. The average molecular weight is 570 g/mol. The van der Waals surface area contributed by atoms with E-state index in [0.717, 1.165) is 0 Å². The first-order valence-electron chi connectivity index (χ1n) is 9.11. The predicted molar refractivity (Wildman–Crippen MR) is 131 cm³/mol. The normalized spacial score (nSPS) is 10.7. The Hall–Kier alpha value is -2.91. The summed E-state index contributed by atoms with van der Waals surface area (Å²) in [6.07, 6.45) is 1.22. The molecule has 168 valence electrons. The highest BCUT2D eigenvalue weighted by atomic mass is 79.9. The van der Waals surface area contributed by atoms with Crippen LogP contribution in [-0.2, 0) is 9.59 Å². The van der Waals surface area contributed by atoms with Crippen molar-refractivity contribution in [3.05, 3.63) is 91.3 Å². The minimum atomic E-state index is -1.05. The van der Waals surface area contributed by atoms with Gasteiger partial charge in [-0.05, 0) is 42.5 Å². The van der Waals surface area contributed by atoms with Gasteiger partial charge in [0.25, 0.3) is 0 Å². The Kier molecular flexibility index (Phi) is 8.46. The van der Waals surface area contributed by atoms with E-state index in [1.165, 1.54) is 30.5 Å². The van der Waals surface area contributed by atoms with Gasteiger partial charge in [0.05, 0.1) is 32.5 Å². The maximum atomic E-state index is 12.5. The Morgan fingerprint density at radius 3 is 2.39 bits per heavy atom. The number of carbonyl (C=O) groups is 3. The molecular weight excluding hydrogens is 557 g/mol. The number of hydrogen-bond donors (Lipinski definition) is 2. The summed E-state index contributed by atoms with van der Waals surface area (Å²) >= 11 is 21.2. The number of carbonyl (C=O) groups excluding carboxylic acids is 3. The summed E-state index contributed by atoms with van der Waals surface area (Å²) in [6, 6.07) is 15.8. The topological polar surface area (TPSA) is 96.9 Å². The Labute approximate surface area is 211 Å². The number of benzene rings is 3. The summed E-state index contributed by atoms with van der Waals surface area (Å²) in [6.45, 7) is 0. The van der Waals surface area contributed by atoms with Crippen LogP contribution in [0.15, 0.2) is 70.2 Å². The summed E-state index contributed by atoms with van der Waals surface area (Å²) in [5.74, 6) is -2.56. The Bertz CT molecular complexity index is 1270. The fraction of sp³-hybridized carbons (Fsp3) is 0. The van der Waals surface area contributed by atoms with E-state index in [0.29, 0.717) is 10.0 Å². The van der Waals surface area contributed by atoms with E-state index in [4.69, 9.17) is 39.5 Å². The van der Waals surface area contributed by atoms with Crippen molar-refractivity contribution in [2.45, 2.75) is 0 Å². The third kappa shape index (κ3) is 6.55. The van der Waals surface area contributed by atoms with Gasteiger partial charge in [-0.15, -0.1) is 0 Å². The fourth-order valence-corrected chi connectivity index (χ4v) is 3.42. The van der Waals surface area contributed by atoms with Crippen LogP contribution in [0.1, 0.15) is 15.9 Å². The molecule has 0 heterocycles. The molecule has 33 heavy (non-hydrogen) atoms. The maximum Gasteiger partial charge on any atom is 0.345 e. The van der Waals surface area contributed by atoms with Crippen LogP contribution in [0, 0.1) is 0 Å². The summed E-state index contributed by atoms with van der Waals surface area (Å²) in [7, 11) is 0. The Morgan fingerprint density at radius 1 is 0.909 bits per heavy atom.